The van der Waals surface area contributed by atoms with Crippen LogP contribution in [-0.4, -0.2) is 17.7 Å². The fourth-order valence-corrected chi connectivity index (χ4v) is 3.07. The number of aliphatic hydroxyl groups is 1. The van der Waals surface area contributed by atoms with E-state index in [1.165, 1.54) is 6.07 Å². The lowest BCUT2D eigenvalue weighted by atomic mass is 10.0. The number of hydrogen-bond donors (Lipinski definition) is 3. The van der Waals surface area contributed by atoms with Crippen LogP contribution in [0.1, 0.15) is 42.9 Å². The number of halogens is 4. The minimum Gasteiger partial charge on any atom is -0.397 e. The number of alkyl halides is 3. The van der Waals surface area contributed by atoms with Gasteiger partial charge in [-0.2, -0.15) is 13.2 Å². The van der Waals surface area contributed by atoms with Gasteiger partial charge in [0.05, 0.1) is 17.4 Å². The lowest BCUT2D eigenvalue weighted by Gasteiger charge is -2.19. The Labute approximate surface area is 129 Å². The Balaban J connectivity index is 2.13. The molecule has 0 radical (unpaired) electrons. The lowest BCUT2D eigenvalue weighted by Crippen LogP contribution is -2.30. The first-order valence-electron chi connectivity index (χ1n) is 6.86. The van der Waals surface area contributed by atoms with Gasteiger partial charge in [-0.25, -0.2) is 0 Å². The fourth-order valence-electron chi connectivity index (χ4n) is 2.59. The molecule has 1 saturated carbocycles. The van der Waals surface area contributed by atoms with Crippen LogP contribution in [0.2, 0.25) is 0 Å². The molecule has 0 bridgehead atoms. The van der Waals surface area contributed by atoms with Crippen molar-refractivity contribution in [1.29, 1.82) is 0 Å². The van der Waals surface area contributed by atoms with Gasteiger partial charge < -0.3 is 16.2 Å². The van der Waals surface area contributed by atoms with Crippen LogP contribution in [-0.2, 0) is 6.18 Å². The van der Waals surface area contributed by atoms with Gasteiger partial charge in [-0.05, 0) is 46.5 Å². The number of nitrogen functional groups attached to an aromatic ring is 1. The summed E-state index contributed by atoms with van der Waals surface area (Å²) in [7, 11) is 0. The van der Waals surface area contributed by atoms with Crippen LogP contribution in [0.3, 0.4) is 0 Å². The highest BCUT2D eigenvalue weighted by atomic mass is 79.9. The number of benzene rings is 1. The van der Waals surface area contributed by atoms with Gasteiger partial charge in [0.25, 0.3) is 0 Å². The minimum atomic E-state index is -4.54. The summed E-state index contributed by atoms with van der Waals surface area (Å²) in [5.41, 5.74) is 4.37. The monoisotopic (exact) mass is 366 g/mol. The first-order chi connectivity index (χ1) is 9.79. The van der Waals surface area contributed by atoms with E-state index in [1.807, 2.05) is 0 Å². The van der Waals surface area contributed by atoms with Crippen LogP contribution >= 0.6 is 15.9 Å². The van der Waals surface area contributed by atoms with Crippen molar-refractivity contribution in [2.24, 2.45) is 0 Å². The topological polar surface area (TPSA) is 58.3 Å². The quantitative estimate of drug-likeness (QED) is 0.713. The van der Waals surface area contributed by atoms with Crippen molar-refractivity contribution >= 4 is 21.6 Å². The zero-order valence-corrected chi connectivity index (χ0v) is 13.0. The van der Waals surface area contributed by atoms with Gasteiger partial charge in [-0.3, -0.25) is 0 Å². The summed E-state index contributed by atoms with van der Waals surface area (Å²) in [6.45, 7) is 0.234. The van der Waals surface area contributed by atoms with Crippen molar-refractivity contribution in [1.82, 2.24) is 5.32 Å². The van der Waals surface area contributed by atoms with Crippen molar-refractivity contribution in [3.8, 4) is 0 Å². The number of rotatable bonds is 4. The van der Waals surface area contributed by atoms with Crippen LogP contribution < -0.4 is 11.1 Å². The van der Waals surface area contributed by atoms with Crippen LogP contribution in [0.5, 0.6) is 0 Å². The molecule has 4 N–H and O–H groups in total. The molecule has 1 atom stereocenters. The Morgan fingerprint density at radius 2 is 1.95 bits per heavy atom. The van der Waals surface area contributed by atoms with E-state index in [4.69, 9.17) is 5.73 Å². The highest BCUT2D eigenvalue weighted by Gasteiger charge is 2.34. The molecule has 3 nitrogen and oxygen atoms in total. The molecule has 0 aliphatic heterocycles. The Morgan fingerprint density at radius 3 is 2.52 bits per heavy atom. The third-order valence-electron chi connectivity index (χ3n) is 3.80. The van der Waals surface area contributed by atoms with E-state index in [1.54, 1.807) is 0 Å². The van der Waals surface area contributed by atoms with Crippen LogP contribution in [0.15, 0.2) is 16.6 Å². The van der Waals surface area contributed by atoms with E-state index in [0.29, 0.717) is 6.04 Å². The predicted molar refractivity (Wildman–Crippen MR) is 78.8 cm³/mol. The summed E-state index contributed by atoms with van der Waals surface area (Å²) >= 11 is 3.02. The number of hydrogen-bond acceptors (Lipinski definition) is 3. The molecule has 0 saturated heterocycles. The van der Waals surface area contributed by atoms with Crippen molar-refractivity contribution in [3.05, 3.63) is 27.7 Å². The molecule has 0 spiro atoms. The smallest absolute Gasteiger partial charge is 0.397 e. The van der Waals surface area contributed by atoms with E-state index in [-0.39, 0.29) is 22.3 Å². The molecule has 21 heavy (non-hydrogen) atoms. The van der Waals surface area contributed by atoms with Crippen LogP contribution in [0.25, 0.3) is 0 Å². The first-order valence-corrected chi connectivity index (χ1v) is 7.66. The average Bonchev–Trinajstić information content (AvgIpc) is 2.90. The van der Waals surface area contributed by atoms with Gasteiger partial charge >= 0.3 is 6.18 Å². The van der Waals surface area contributed by atoms with Gasteiger partial charge in [0.1, 0.15) is 0 Å². The largest absolute Gasteiger partial charge is 0.418 e. The summed E-state index contributed by atoms with van der Waals surface area (Å²) in [4.78, 5) is 0. The number of nitrogens with one attached hydrogen (secondary N) is 1. The Bertz CT molecular complexity index is 502. The third-order valence-corrected chi connectivity index (χ3v) is 4.45. The van der Waals surface area contributed by atoms with Crippen LogP contribution in [0.4, 0.5) is 18.9 Å². The van der Waals surface area contributed by atoms with Crippen molar-refractivity contribution in [2.75, 3.05) is 12.3 Å². The zero-order valence-electron chi connectivity index (χ0n) is 11.4. The minimum absolute atomic E-state index is 0.146. The molecule has 1 aliphatic carbocycles. The second-order valence-electron chi connectivity index (χ2n) is 5.37. The van der Waals surface area contributed by atoms with Crippen molar-refractivity contribution in [2.45, 2.75) is 44.0 Å². The highest BCUT2D eigenvalue weighted by molar-refractivity contribution is 9.10. The van der Waals surface area contributed by atoms with E-state index < -0.39 is 17.8 Å². The molecular formula is C14H18BrF3N2O. The maximum atomic E-state index is 12.9. The van der Waals surface area contributed by atoms with E-state index in [0.717, 1.165) is 31.7 Å². The molecule has 7 heteroatoms. The van der Waals surface area contributed by atoms with E-state index >= 15 is 0 Å². The van der Waals surface area contributed by atoms with Crippen molar-refractivity contribution in [3.63, 3.8) is 0 Å². The number of aliphatic hydroxyl groups excluding tert-OH is 1. The first kappa shape index (κ1) is 16.6. The summed E-state index contributed by atoms with van der Waals surface area (Å²) in [6, 6.07) is 2.70. The summed E-state index contributed by atoms with van der Waals surface area (Å²) in [6.07, 6.45) is -1.14. The molecule has 1 aromatic carbocycles. The highest BCUT2D eigenvalue weighted by Crippen LogP contribution is 2.39. The average molecular weight is 367 g/mol. The molecule has 118 valence electrons. The number of nitrogens with two attached hydrogens (primary N) is 1. The van der Waals surface area contributed by atoms with Gasteiger partial charge in [0.15, 0.2) is 0 Å². The van der Waals surface area contributed by atoms with E-state index in [2.05, 4.69) is 21.2 Å². The molecule has 1 aromatic rings. The Morgan fingerprint density at radius 1 is 1.33 bits per heavy atom. The van der Waals surface area contributed by atoms with Gasteiger partial charge in [0.2, 0.25) is 0 Å². The maximum Gasteiger partial charge on any atom is 0.418 e. The normalized spacial score (nSPS) is 18.1. The van der Waals surface area contributed by atoms with Crippen LogP contribution in [0, 0.1) is 0 Å². The molecule has 1 unspecified atom stereocenters. The fraction of sp³-hybridized carbons (Fsp3) is 0.571. The number of anilines is 1. The van der Waals surface area contributed by atoms with Crippen molar-refractivity contribution < 1.29 is 18.3 Å². The summed E-state index contributed by atoms with van der Waals surface area (Å²) < 4.78 is 38.9. The molecule has 1 aliphatic rings. The maximum absolute atomic E-state index is 12.9. The lowest BCUT2D eigenvalue weighted by molar-refractivity contribution is -0.137. The molecule has 1 fully saturated rings. The Kier molecular flexibility index (Phi) is 5.16. The third kappa shape index (κ3) is 4.11. The van der Waals surface area contributed by atoms with E-state index in [9.17, 15) is 18.3 Å². The molecule has 2 rings (SSSR count). The molecule has 0 aromatic heterocycles. The molecule has 0 heterocycles. The molecular weight excluding hydrogens is 349 g/mol. The SMILES string of the molecule is Nc1c(Br)cc(C(O)CNC2CCCC2)cc1C(F)(F)F. The zero-order chi connectivity index (χ0) is 15.6. The predicted octanol–water partition coefficient (Wildman–Crippen LogP) is 3.62. The summed E-state index contributed by atoms with van der Waals surface area (Å²) in [5.74, 6) is 0. The Hall–Kier alpha value is -0.790. The second-order valence-corrected chi connectivity index (χ2v) is 6.22. The molecule has 0 amide bonds. The van der Waals surface area contributed by atoms with Gasteiger partial charge in [-0.1, -0.05) is 12.8 Å². The standard InChI is InChI=1S/C14H18BrF3N2O/c15-11-6-8(5-10(13(11)19)14(16,17)18)12(21)7-20-9-3-1-2-4-9/h5-6,9,12,20-21H,1-4,7,19H2. The van der Waals surface area contributed by atoms with Gasteiger partial charge in [0, 0.05) is 17.1 Å². The summed E-state index contributed by atoms with van der Waals surface area (Å²) in [5, 5.41) is 13.3. The second kappa shape index (κ2) is 6.54. The van der Waals surface area contributed by atoms with Gasteiger partial charge in [-0.15, -0.1) is 0 Å².